The molecular formula is C55H64N4O15. The molecule has 3 aliphatic heterocycles. The van der Waals surface area contributed by atoms with Gasteiger partial charge in [-0.1, -0.05) is 37.1 Å². The fraction of sp³-hybridized carbons (Fsp3) is 0.436. The van der Waals surface area contributed by atoms with E-state index in [0.717, 1.165) is 36.1 Å². The van der Waals surface area contributed by atoms with Gasteiger partial charge in [-0.2, -0.15) is 0 Å². The number of nitrogens with zero attached hydrogens (tertiary/aromatic N) is 2. The lowest BCUT2D eigenvalue weighted by molar-refractivity contribution is -0.162. The molecule has 19 nitrogen and oxygen atoms in total. The highest BCUT2D eigenvalue weighted by Gasteiger charge is 2.46. The van der Waals surface area contributed by atoms with Crippen LogP contribution >= 0.6 is 0 Å². The first-order chi connectivity index (χ1) is 35.9. The molecular weight excluding hydrogens is 957 g/mol. The Kier molecular flexibility index (Phi) is 18.7. The first-order valence-corrected chi connectivity index (χ1v) is 24.8. The Labute approximate surface area is 430 Å². The lowest BCUT2D eigenvalue weighted by Crippen LogP contribution is -2.54. The molecule has 4 aromatic carbocycles. The second-order valence-electron chi connectivity index (χ2n) is 18.1. The molecule has 0 radical (unpaired) electrons. The summed E-state index contributed by atoms with van der Waals surface area (Å²) in [6.07, 6.45) is 5.03. The van der Waals surface area contributed by atoms with Crippen molar-refractivity contribution in [2.75, 3.05) is 61.9 Å². The summed E-state index contributed by atoms with van der Waals surface area (Å²) in [6.45, 7) is 0.839. The van der Waals surface area contributed by atoms with Gasteiger partial charge in [-0.25, -0.2) is 4.79 Å². The Morgan fingerprint density at radius 2 is 1.45 bits per heavy atom. The van der Waals surface area contributed by atoms with Crippen LogP contribution in [-0.2, 0) is 41.6 Å². The van der Waals surface area contributed by atoms with Crippen LogP contribution in [0.4, 0.5) is 0 Å². The number of esters is 1. The zero-order valence-corrected chi connectivity index (χ0v) is 42.5. The van der Waals surface area contributed by atoms with Gasteiger partial charge in [-0.05, 0) is 117 Å². The van der Waals surface area contributed by atoms with Crippen LogP contribution in [0.1, 0.15) is 108 Å². The number of carbonyl (C=O) groups excluding carboxylic acids is 7. The third-order valence-electron chi connectivity index (χ3n) is 13.3. The number of unbranched alkanes of at least 4 members (excludes halogenated alkanes) is 3. The van der Waals surface area contributed by atoms with Gasteiger partial charge in [0, 0.05) is 19.5 Å². The number of carbonyl (C=O) groups is 7. The molecule has 0 aromatic heterocycles. The zero-order valence-electron chi connectivity index (χ0n) is 42.5. The van der Waals surface area contributed by atoms with E-state index in [0.29, 0.717) is 90.8 Å². The van der Waals surface area contributed by atoms with E-state index in [-0.39, 0.29) is 61.2 Å². The molecule has 6 amide bonds. The average Bonchev–Trinajstić information content (AvgIpc) is 3.68. The number of aryl methyl sites for hydroxylation is 1. The molecule has 7 rings (SSSR count). The van der Waals surface area contributed by atoms with Gasteiger partial charge in [-0.15, -0.1) is 0 Å². The molecule has 2 N–H and O–H groups in total. The van der Waals surface area contributed by atoms with Crippen LogP contribution in [0.25, 0.3) is 0 Å². The number of likely N-dealkylation sites (tertiary alicyclic amines) is 1. The van der Waals surface area contributed by atoms with E-state index in [2.05, 4.69) is 10.6 Å². The van der Waals surface area contributed by atoms with Crippen LogP contribution < -0.4 is 43.8 Å². The van der Waals surface area contributed by atoms with Crippen molar-refractivity contribution in [1.82, 2.24) is 20.4 Å². The van der Waals surface area contributed by atoms with Gasteiger partial charge < -0.3 is 48.1 Å². The molecule has 394 valence electrons. The number of piperidine rings is 2. The van der Waals surface area contributed by atoms with Crippen LogP contribution in [0.3, 0.4) is 0 Å². The van der Waals surface area contributed by atoms with Gasteiger partial charge in [-0.3, -0.25) is 39.0 Å². The maximum absolute atomic E-state index is 14.3. The summed E-state index contributed by atoms with van der Waals surface area (Å²) in [4.78, 5) is 94.3. The lowest BCUT2D eigenvalue weighted by atomic mass is 9.99. The highest BCUT2D eigenvalue weighted by Crippen LogP contribution is 2.39. The molecule has 19 heteroatoms. The van der Waals surface area contributed by atoms with E-state index in [9.17, 15) is 33.6 Å². The average molecular weight is 1020 g/mol. The summed E-state index contributed by atoms with van der Waals surface area (Å²) in [6, 6.07) is 19.0. The van der Waals surface area contributed by atoms with Gasteiger partial charge in [0.25, 0.3) is 17.7 Å². The van der Waals surface area contributed by atoms with Crippen molar-refractivity contribution < 1.29 is 71.5 Å². The normalized spacial score (nSPS) is 16.7. The minimum absolute atomic E-state index is 0.00309. The molecule has 4 aromatic rings. The summed E-state index contributed by atoms with van der Waals surface area (Å²) in [7, 11) is 7.65. The fourth-order valence-electron chi connectivity index (χ4n) is 9.43. The Morgan fingerprint density at radius 1 is 0.716 bits per heavy atom. The summed E-state index contributed by atoms with van der Waals surface area (Å²) < 4.78 is 45.7. The summed E-state index contributed by atoms with van der Waals surface area (Å²) in [5.41, 5.74) is 2.47. The third-order valence-corrected chi connectivity index (χ3v) is 13.3. The Balaban J connectivity index is 0.909. The highest BCUT2D eigenvalue weighted by atomic mass is 16.5. The molecule has 2 unspecified atom stereocenters. The molecule has 0 saturated carbocycles. The van der Waals surface area contributed by atoms with Gasteiger partial charge >= 0.3 is 5.97 Å². The SMILES string of the molecule is COc1ccc(CCC(OC(=O)[C@@H]2CCCCN2C(=O)Cc2cc(OC)c(OC)c(OC)c2)c2cccc(OCC(=O)NCCCCCCOc3cccc4c3C(=O)N(C3CCC(=O)NC3=O)C4=O)c2)cc1OC. The molecule has 0 spiro atoms. The van der Waals surface area contributed by atoms with Crippen molar-refractivity contribution in [3.05, 3.63) is 101 Å². The van der Waals surface area contributed by atoms with Crippen LogP contribution in [0.2, 0.25) is 0 Å². The summed E-state index contributed by atoms with van der Waals surface area (Å²) in [5.74, 6) is -0.360. The molecule has 74 heavy (non-hydrogen) atoms. The van der Waals surface area contributed by atoms with E-state index in [4.69, 9.17) is 37.9 Å². The smallest absolute Gasteiger partial charge is 0.329 e. The molecule has 3 atom stereocenters. The standard InChI is InChI=1S/C55H64N4O15/c1-67-42-23-20-34(28-44(42)68-2)19-22-41(74-55(66)40-17-8-10-26-58(40)49(62)31-35-29-45(69-3)51(71-5)46(30-35)70-4)36-14-12-15-37(32-36)73-33-48(61)56-25-9-6-7-11-27-72-43-18-13-16-38-50(43)54(65)59(53(38)64)39-21-24-47(60)57-52(39)63/h12-16,18,20,23,28-30,32,39-41H,6-11,17,19,21-22,24-27,31,33H2,1-5H3,(H,56,61)(H,57,60,63)/t39?,40-,41?/m0/s1. The number of fused-ring (bicyclic) bond motifs is 1. The monoisotopic (exact) mass is 1020 g/mol. The van der Waals surface area contributed by atoms with E-state index < -0.39 is 47.8 Å². The number of methoxy groups -OCH3 is 5. The number of hydrogen-bond donors (Lipinski definition) is 2. The quantitative estimate of drug-likeness (QED) is 0.0434. The van der Waals surface area contributed by atoms with Gasteiger partial charge in [0.15, 0.2) is 29.6 Å². The molecule has 2 saturated heterocycles. The van der Waals surface area contributed by atoms with E-state index >= 15 is 0 Å². The number of hydrogen-bond acceptors (Lipinski definition) is 15. The van der Waals surface area contributed by atoms with Gasteiger partial charge in [0.2, 0.25) is 23.5 Å². The summed E-state index contributed by atoms with van der Waals surface area (Å²) >= 11 is 0. The van der Waals surface area contributed by atoms with Crippen molar-refractivity contribution in [2.45, 2.75) is 95.2 Å². The molecule has 3 aliphatic rings. The predicted octanol–water partition coefficient (Wildman–Crippen LogP) is 6.11. The number of nitrogens with one attached hydrogen (secondary N) is 2. The maximum atomic E-state index is 14.3. The van der Waals surface area contributed by atoms with Crippen molar-refractivity contribution in [3.8, 4) is 40.2 Å². The largest absolute Gasteiger partial charge is 0.493 e. The van der Waals surface area contributed by atoms with Crippen LogP contribution in [-0.4, -0.2) is 125 Å². The second-order valence-corrected chi connectivity index (χ2v) is 18.1. The van der Waals surface area contributed by atoms with E-state index in [1.807, 2.05) is 24.3 Å². The second kappa shape index (κ2) is 25.7. The van der Waals surface area contributed by atoms with Gasteiger partial charge in [0.1, 0.15) is 29.7 Å². The number of ether oxygens (including phenoxy) is 8. The predicted molar refractivity (Wildman–Crippen MR) is 268 cm³/mol. The molecule has 3 heterocycles. The number of amides is 6. The fourth-order valence-corrected chi connectivity index (χ4v) is 9.43. The first kappa shape index (κ1) is 54.0. The van der Waals surface area contributed by atoms with Crippen molar-refractivity contribution in [3.63, 3.8) is 0 Å². The topological polar surface area (TPSA) is 224 Å². The van der Waals surface area contributed by atoms with Crippen LogP contribution in [0, 0.1) is 0 Å². The van der Waals surface area contributed by atoms with E-state index in [1.165, 1.54) is 27.4 Å². The Morgan fingerprint density at radius 3 is 2.18 bits per heavy atom. The number of rotatable bonds is 25. The van der Waals surface area contributed by atoms with Gasteiger partial charge in [0.05, 0.1) is 59.7 Å². The third kappa shape index (κ3) is 13.0. The highest BCUT2D eigenvalue weighted by molar-refractivity contribution is 6.24. The van der Waals surface area contributed by atoms with Crippen LogP contribution in [0.15, 0.2) is 72.8 Å². The first-order valence-electron chi connectivity index (χ1n) is 24.8. The Hall–Kier alpha value is -7.83. The maximum Gasteiger partial charge on any atom is 0.329 e. The number of imide groups is 2. The zero-order chi connectivity index (χ0) is 52.7. The van der Waals surface area contributed by atoms with Crippen molar-refractivity contribution in [2.24, 2.45) is 0 Å². The lowest BCUT2D eigenvalue weighted by Gasteiger charge is -2.35. The molecule has 0 bridgehead atoms. The minimum atomic E-state index is -1.06. The minimum Gasteiger partial charge on any atom is -0.493 e. The Bertz CT molecular complexity index is 2680. The van der Waals surface area contributed by atoms with Crippen LogP contribution in [0.5, 0.6) is 40.2 Å². The summed E-state index contributed by atoms with van der Waals surface area (Å²) in [5, 5.41) is 5.09. The molecule has 0 aliphatic carbocycles. The van der Waals surface area contributed by atoms with Crippen molar-refractivity contribution in [1.29, 1.82) is 0 Å². The number of benzene rings is 4. The van der Waals surface area contributed by atoms with Crippen molar-refractivity contribution >= 4 is 41.4 Å². The van der Waals surface area contributed by atoms with E-state index in [1.54, 1.807) is 61.6 Å². The molecule has 2 fully saturated rings.